The quantitative estimate of drug-likeness (QED) is 0.867. The molecule has 0 atom stereocenters. The molecule has 2 aromatic rings. The van der Waals surface area contributed by atoms with Crippen molar-refractivity contribution in [2.45, 2.75) is 38.3 Å². The van der Waals surface area contributed by atoms with E-state index in [1.54, 1.807) is 12.4 Å². The van der Waals surface area contributed by atoms with Crippen molar-refractivity contribution < 1.29 is 0 Å². The lowest BCUT2D eigenvalue weighted by Gasteiger charge is -2.12. The van der Waals surface area contributed by atoms with E-state index < -0.39 is 0 Å². The predicted octanol–water partition coefficient (Wildman–Crippen LogP) is 2.23. The lowest BCUT2D eigenvalue weighted by Crippen LogP contribution is -2.16. The van der Waals surface area contributed by atoms with Gasteiger partial charge < -0.3 is 10.6 Å². The minimum absolute atomic E-state index is 0.526. The van der Waals surface area contributed by atoms with Gasteiger partial charge in [-0.3, -0.25) is 4.98 Å². The Kier molecular flexibility index (Phi) is 4.01. The topological polar surface area (TPSA) is 75.6 Å². The minimum Gasteiger partial charge on any atom is -0.366 e. The van der Waals surface area contributed by atoms with Gasteiger partial charge in [-0.05, 0) is 24.5 Å². The van der Waals surface area contributed by atoms with Crippen molar-refractivity contribution in [1.29, 1.82) is 0 Å². The van der Waals surface area contributed by atoms with Gasteiger partial charge in [0.05, 0.1) is 6.20 Å². The molecule has 0 saturated heterocycles. The highest BCUT2D eigenvalue weighted by Gasteiger charge is 2.15. The Bertz CT molecular complexity index is 538. The van der Waals surface area contributed by atoms with Crippen LogP contribution in [-0.4, -0.2) is 26.2 Å². The Morgan fingerprint density at radius 2 is 2.10 bits per heavy atom. The van der Waals surface area contributed by atoms with Crippen LogP contribution >= 0.6 is 0 Å². The van der Waals surface area contributed by atoms with E-state index in [4.69, 9.17) is 0 Å². The number of nitrogens with one attached hydrogen (secondary N) is 2. The fraction of sp³-hybridized carbons (Fsp3) is 0.429. The highest BCUT2D eigenvalue weighted by molar-refractivity contribution is 5.38. The first-order chi connectivity index (χ1) is 9.90. The van der Waals surface area contributed by atoms with E-state index in [0.717, 1.165) is 11.4 Å². The maximum absolute atomic E-state index is 4.44. The summed E-state index contributed by atoms with van der Waals surface area (Å²) in [6.07, 6.45) is 10.3. The number of hydrogen-bond donors (Lipinski definition) is 2. The van der Waals surface area contributed by atoms with Crippen LogP contribution in [0.1, 0.15) is 31.2 Å². The number of pyridine rings is 1. The minimum atomic E-state index is 0.526. The average molecular weight is 270 g/mol. The standard InChI is InChI=1S/C14H18N6/c1-2-6-12(5-1)18-13-10-17-20-14(19-13)16-9-11-4-3-7-15-8-11/h3-4,7-8,10,12H,1-2,5-6,9H2,(H2,16,18,19,20). The molecule has 6 heteroatoms. The Balaban J connectivity index is 1.59. The van der Waals surface area contributed by atoms with E-state index in [-0.39, 0.29) is 0 Å². The van der Waals surface area contributed by atoms with Crippen LogP contribution in [0.25, 0.3) is 0 Å². The van der Waals surface area contributed by atoms with Gasteiger partial charge in [0, 0.05) is 25.0 Å². The highest BCUT2D eigenvalue weighted by atomic mass is 15.3. The predicted molar refractivity (Wildman–Crippen MR) is 77.3 cm³/mol. The van der Waals surface area contributed by atoms with Crippen LogP contribution < -0.4 is 10.6 Å². The Labute approximate surface area is 118 Å². The molecule has 3 rings (SSSR count). The summed E-state index contributed by atoms with van der Waals surface area (Å²) in [6.45, 7) is 0.641. The highest BCUT2D eigenvalue weighted by Crippen LogP contribution is 2.21. The maximum atomic E-state index is 4.44. The second-order valence-corrected chi connectivity index (χ2v) is 5.01. The van der Waals surface area contributed by atoms with Crippen LogP contribution in [0.15, 0.2) is 30.7 Å². The smallest absolute Gasteiger partial charge is 0.244 e. The summed E-state index contributed by atoms with van der Waals surface area (Å²) in [5, 5.41) is 14.6. The van der Waals surface area contributed by atoms with Crippen molar-refractivity contribution in [1.82, 2.24) is 20.2 Å². The molecule has 2 heterocycles. The molecule has 1 saturated carbocycles. The molecule has 0 aliphatic heterocycles. The zero-order chi connectivity index (χ0) is 13.6. The van der Waals surface area contributed by atoms with Gasteiger partial charge in [-0.15, -0.1) is 5.10 Å². The van der Waals surface area contributed by atoms with Gasteiger partial charge in [0.2, 0.25) is 5.95 Å². The summed E-state index contributed by atoms with van der Waals surface area (Å²) in [5.74, 6) is 1.33. The molecule has 0 radical (unpaired) electrons. The molecular weight excluding hydrogens is 252 g/mol. The fourth-order valence-corrected chi connectivity index (χ4v) is 2.41. The Morgan fingerprint density at radius 3 is 2.90 bits per heavy atom. The third-order valence-corrected chi connectivity index (χ3v) is 3.44. The molecule has 0 bridgehead atoms. The molecule has 20 heavy (non-hydrogen) atoms. The first-order valence-electron chi connectivity index (χ1n) is 6.99. The van der Waals surface area contributed by atoms with E-state index in [1.807, 2.05) is 18.3 Å². The lowest BCUT2D eigenvalue weighted by molar-refractivity contribution is 0.746. The third-order valence-electron chi connectivity index (χ3n) is 3.44. The van der Waals surface area contributed by atoms with Crippen molar-refractivity contribution in [3.05, 3.63) is 36.3 Å². The molecule has 1 aliphatic rings. The van der Waals surface area contributed by atoms with Crippen LogP contribution in [0, 0.1) is 0 Å². The van der Waals surface area contributed by atoms with Crippen LogP contribution in [-0.2, 0) is 6.54 Å². The molecular formula is C14H18N6. The number of hydrogen-bond acceptors (Lipinski definition) is 6. The molecule has 0 amide bonds. The van der Waals surface area contributed by atoms with Gasteiger partial charge in [-0.2, -0.15) is 10.1 Å². The summed E-state index contributed by atoms with van der Waals surface area (Å²) < 4.78 is 0. The summed E-state index contributed by atoms with van der Waals surface area (Å²) in [5.41, 5.74) is 1.09. The molecule has 104 valence electrons. The number of aromatic nitrogens is 4. The van der Waals surface area contributed by atoms with E-state index in [1.165, 1.54) is 25.7 Å². The third kappa shape index (κ3) is 3.40. The first kappa shape index (κ1) is 12.8. The molecule has 2 aromatic heterocycles. The van der Waals surface area contributed by atoms with Crippen molar-refractivity contribution >= 4 is 11.8 Å². The van der Waals surface area contributed by atoms with Crippen molar-refractivity contribution in [3.8, 4) is 0 Å². The van der Waals surface area contributed by atoms with Gasteiger partial charge in [-0.1, -0.05) is 18.9 Å². The second kappa shape index (κ2) is 6.27. The van der Waals surface area contributed by atoms with E-state index in [0.29, 0.717) is 18.5 Å². The molecule has 0 unspecified atom stereocenters. The lowest BCUT2D eigenvalue weighted by atomic mass is 10.2. The summed E-state index contributed by atoms with van der Waals surface area (Å²) in [7, 11) is 0. The van der Waals surface area contributed by atoms with E-state index in [2.05, 4.69) is 30.8 Å². The first-order valence-corrected chi connectivity index (χ1v) is 6.99. The van der Waals surface area contributed by atoms with Gasteiger partial charge in [0.15, 0.2) is 5.82 Å². The largest absolute Gasteiger partial charge is 0.366 e. The summed E-state index contributed by atoms with van der Waals surface area (Å²) >= 11 is 0. The van der Waals surface area contributed by atoms with E-state index >= 15 is 0 Å². The van der Waals surface area contributed by atoms with Crippen molar-refractivity contribution in [2.75, 3.05) is 10.6 Å². The van der Waals surface area contributed by atoms with Crippen LogP contribution in [0.3, 0.4) is 0 Å². The van der Waals surface area contributed by atoms with Crippen LogP contribution in [0.5, 0.6) is 0 Å². The van der Waals surface area contributed by atoms with Crippen molar-refractivity contribution in [3.63, 3.8) is 0 Å². The van der Waals surface area contributed by atoms with Gasteiger partial charge in [0.1, 0.15) is 0 Å². The van der Waals surface area contributed by atoms with Crippen molar-refractivity contribution in [2.24, 2.45) is 0 Å². The fourth-order valence-electron chi connectivity index (χ4n) is 2.41. The SMILES string of the molecule is c1cncc(CNc2nncc(NC3CCCC3)n2)c1. The summed E-state index contributed by atoms with van der Waals surface area (Å²) in [4.78, 5) is 8.51. The monoisotopic (exact) mass is 270 g/mol. The Morgan fingerprint density at radius 1 is 1.20 bits per heavy atom. The molecule has 0 spiro atoms. The number of rotatable bonds is 5. The molecule has 0 aromatic carbocycles. The molecule has 6 nitrogen and oxygen atoms in total. The summed E-state index contributed by atoms with van der Waals surface area (Å²) in [6, 6.07) is 4.44. The zero-order valence-electron chi connectivity index (χ0n) is 11.3. The maximum Gasteiger partial charge on any atom is 0.244 e. The molecule has 2 N–H and O–H groups in total. The zero-order valence-corrected chi connectivity index (χ0v) is 11.3. The van der Waals surface area contributed by atoms with Gasteiger partial charge >= 0.3 is 0 Å². The number of nitrogens with zero attached hydrogens (tertiary/aromatic N) is 4. The Hall–Kier alpha value is -2.24. The van der Waals surface area contributed by atoms with Crippen LogP contribution in [0.2, 0.25) is 0 Å². The van der Waals surface area contributed by atoms with Gasteiger partial charge in [0.25, 0.3) is 0 Å². The normalized spacial score (nSPS) is 15.2. The number of anilines is 2. The van der Waals surface area contributed by atoms with E-state index in [9.17, 15) is 0 Å². The average Bonchev–Trinajstić information content (AvgIpc) is 3.00. The van der Waals surface area contributed by atoms with Crippen LogP contribution in [0.4, 0.5) is 11.8 Å². The molecule has 1 fully saturated rings. The van der Waals surface area contributed by atoms with Gasteiger partial charge in [-0.25, -0.2) is 0 Å². The second-order valence-electron chi connectivity index (χ2n) is 5.01. The molecule has 1 aliphatic carbocycles.